The summed E-state index contributed by atoms with van der Waals surface area (Å²) in [5.74, 6) is 0.126. The molecule has 1 aromatic carbocycles. The van der Waals surface area contributed by atoms with E-state index in [9.17, 15) is 9.59 Å². The summed E-state index contributed by atoms with van der Waals surface area (Å²) in [6.07, 6.45) is 2.00. The van der Waals surface area contributed by atoms with Gasteiger partial charge in [-0.2, -0.15) is 0 Å². The standard InChI is InChI=1S/C15H18N4O2S/c1-9-4-3-5-12(10(9)2)16-13(20)8-22-15-18-17-14(21)19(15)11-6-7-11/h3-5,11H,6-8H2,1-2H3,(H,16,20)(H,17,21). The number of aromatic amines is 1. The lowest BCUT2D eigenvalue weighted by atomic mass is 10.1. The van der Waals surface area contributed by atoms with Gasteiger partial charge in [-0.1, -0.05) is 23.9 Å². The zero-order valence-corrected chi connectivity index (χ0v) is 13.4. The molecule has 6 nitrogen and oxygen atoms in total. The number of carbonyl (C=O) groups is 1. The van der Waals surface area contributed by atoms with Crippen molar-refractivity contribution in [1.29, 1.82) is 0 Å². The highest BCUT2D eigenvalue weighted by molar-refractivity contribution is 7.99. The summed E-state index contributed by atoms with van der Waals surface area (Å²) in [5, 5.41) is 9.94. The van der Waals surface area contributed by atoms with Crippen molar-refractivity contribution in [3.05, 3.63) is 39.8 Å². The molecule has 2 aromatic rings. The Bertz CT molecular complexity index is 761. The van der Waals surface area contributed by atoms with Gasteiger partial charge in [-0.3, -0.25) is 9.36 Å². The third kappa shape index (κ3) is 3.09. The lowest BCUT2D eigenvalue weighted by Crippen LogP contribution is -2.18. The molecule has 0 saturated heterocycles. The Labute approximate surface area is 132 Å². The van der Waals surface area contributed by atoms with Crippen molar-refractivity contribution in [2.75, 3.05) is 11.1 Å². The number of thioether (sulfide) groups is 1. The Morgan fingerprint density at radius 2 is 2.23 bits per heavy atom. The zero-order chi connectivity index (χ0) is 15.7. The highest BCUT2D eigenvalue weighted by Gasteiger charge is 2.28. The van der Waals surface area contributed by atoms with Crippen molar-refractivity contribution >= 4 is 23.4 Å². The number of carbonyl (C=O) groups excluding carboxylic acids is 1. The maximum absolute atomic E-state index is 12.1. The molecule has 3 rings (SSSR count). The number of anilines is 1. The van der Waals surface area contributed by atoms with Crippen molar-refractivity contribution in [3.8, 4) is 0 Å². The topological polar surface area (TPSA) is 79.8 Å². The van der Waals surface area contributed by atoms with Gasteiger partial charge in [0.1, 0.15) is 0 Å². The molecule has 7 heteroatoms. The molecule has 1 aliphatic rings. The summed E-state index contributed by atoms with van der Waals surface area (Å²) in [5.41, 5.74) is 2.84. The number of benzene rings is 1. The van der Waals surface area contributed by atoms with Crippen LogP contribution in [0.5, 0.6) is 0 Å². The van der Waals surface area contributed by atoms with Crippen molar-refractivity contribution in [2.45, 2.75) is 37.9 Å². The van der Waals surface area contributed by atoms with Gasteiger partial charge in [0.15, 0.2) is 5.16 Å². The van der Waals surface area contributed by atoms with E-state index in [-0.39, 0.29) is 23.4 Å². The van der Waals surface area contributed by atoms with Crippen molar-refractivity contribution in [2.24, 2.45) is 0 Å². The minimum Gasteiger partial charge on any atom is -0.325 e. The lowest BCUT2D eigenvalue weighted by Gasteiger charge is -2.10. The summed E-state index contributed by atoms with van der Waals surface area (Å²) >= 11 is 1.28. The van der Waals surface area contributed by atoms with Gasteiger partial charge >= 0.3 is 5.69 Å². The Balaban J connectivity index is 1.63. The molecule has 2 N–H and O–H groups in total. The van der Waals surface area contributed by atoms with Crippen LogP contribution >= 0.6 is 11.8 Å². The molecule has 0 aliphatic heterocycles. The Morgan fingerprint density at radius 3 is 2.95 bits per heavy atom. The molecule has 0 atom stereocenters. The fourth-order valence-corrected chi connectivity index (χ4v) is 3.06. The number of nitrogens with zero attached hydrogens (tertiary/aromatic N) is 2. The highest BCUT2D eigenvalue weighted by atomic mass is 32.2. The second kappa shape index (κ2) is 6.00. The predicted molar refractivity (Wildman–Crippen MR) is 86.4 cm³/mol. The van der Waals surface area contributed by atoms with Gasteiger partial charge in [-0.25, -0.2) is 9.89 Å². The molecule has 1 amide bonds. The van der Waals surface area contributed by atoms with Crippen molar-refractivity contribution in [3.63, 3.8) is 0 Å². The molecule has 22 heavy (non-hydrogen) atoms. The van der Waals surface area contributed by atoms with Crippen LogP contribution in [-0.2, 0) is 4.79 Å². The third-order valence-corrected chi connectivity index (χ3v) is 4.75. The summed E-state index contributed by atoms with van der Waals surface area (Å²) in [6, 6.07) is 6.07. The number of hydrogen-bond donors (Lipinski definition) is 2. The maximum atomic E-state index is 12.1. The van der Waals surface area contributed by atoms with Gasteiger partial charge < -0.3 is 5.32 Å². The molecular formula is C15H18N4O2S. The maximum Gasteiger partial charge on any atom is 0.344 e. The Morgan fingerprint density at radius 1 is 1.45 bits per heavy atom. The fraction of sp³-hybridized carbons (Fsp3) is 0.400. The summed E-state index contributed by atoms with van der Waals surface area (Å²) < 4.78 is 1.65. The number of hydrogen-bond acceptors (Lipinski definition) is 4. The molecule has 1 aliphatic carbocycles. The first-order valence-corrected chi connectivity index (χ1v) is 8.20. The third-order valence-electron chi connectivity index (χ3n) is 3.80. The summed E-state index contributed by atoms with van der Waals surface area (Å²) in [7, 11) is 0. The van der Waals surface area contributed by atoms with Gasteiger partial charge in [-0.15, -0.1) is 5.10 Å². The zero-order valence-electron chi connectivity index (χ0n) is 12.5. The van der Waals surface area contributed by atoms with E-state index < -0.39 is 0 Å². The van der Waals surface area contributed by atoms with E-state index >= 15 is 0 Å². The molecule has 1 heterocycles. The van der Waals surface area contributed by atoms with Gasteiger partial charge in [0.05, 0.1) is 5.75 Å². The van der Waals surface area contributed by atoms with Crippen LogP contribution in [0.1, 0.15) is 30.0 Å². The van der Waals surface area contributed by atoms with Gasteiger partial charge in [0.2, 0.25) is 5.91 Å². The minimum atomic E-state index is -0.195. The summed E-state index contributed by atoms with van der Waals surface area (Å²) in [4.78, 5) is 23.8. The van der Waals surface area contributed by atoms with Crippen LogP contribution in [0, 0.1) is 13.8 Å². The first kappa shape index (κ1) is 14.9. The Kier molecular flexibility index (Phi) is 4.06. The van der Waals surface area contributed by atoms with Crippen LogP contribution in [0.4, 0.5) is 5.69 Å². The van der Waals surface area contributed by atoms with E-state index in [1.165, 1.54) is 11.8 Å². The predicted octanol–water partition coefficient (Wildman–Crippen LogP) is 2.25. The number of aryl methyl sites for hydroxylation is 1. The van der Waals surface area contributed by atoms with Gasteiger partial charge in [-0.05, 0) is 43.9 Å². The molecule has 1 fully saturated rings. The highest BCUT2D eigenvalue weighted by Crippen LogP contribution is 2.36. The molecule has 0 spiro atoms. The number of aromatic nitrogens is 3. The molecular weight excluding hydrogens is 300 g/mol. The van der Waals surface area contributed by atoms with E-state index in [1.807, 2.05) is 32.0 Å². The van der Waals surface area contributed by atoms with Crippen LogP contribution in [0.25, 0.3) is 0 Å². The van der Waals surface area contributed by atoms with Crippen LogP contribution in [-0.4, -0.2) is 26.4 Å². The second-order valence-electron chi connectivity index (χ2n) is 5.50. The van der Waals surface area contributed by atoms with Crippen LogP contribution < -0.4 is 11.0 Å². The molecule has 116 valence electrons. The van der Waals surface area contributed by atoms with E-state index in [4.69, 9.17) is 0 Å². The number of nitrogens with one attached hydrogen (secondary N) is 2. The first-order chi connectivity index (χ1) is 10.6. The average molecular weight is 318 g/mol. The van der Waals surface area contributed by atoms with Gasteiger partial charge in [0, 0.05) is 11.7 Å². The monoisotopic (exact) mass is 318 g/mol. The van der Waals surface area contributed by atoms with Crippen LogP contribution in [0.15, 0.2) is 28.2 Å². The average Bonchev–Trinajstić information content (AvgIpc) is 3.25. The first-order valence-electron chi connectivity index (χ1n) is 7.22. The van der Waals surface area contributed by atoms with Gasteiger partial charge in [0.25, 0.3) is 0 Å². The molecule has 0 radical (unpaired) electrons. The Hall–Kier alpha value is -2.02. The smallest absolute Gasteiger partial charge is 0.325 e. The second-order valence-corrected chi connectivity index (χ2v) is 6.44. The molecule has 1 aromatic heterocycles. The van der Waals surface area contributed by atoms with E-state index in [2.05, 4.69) is 15.5 Å². The number of rotatable bonds is 5. The normalized spacial score (nSPS) is 14.1. The quantitative estimate of drug-likeness (QED) is 0.829. The van der Waals surface area contributed by atoms with E-state index in [0.717, 1.165) is 29.7 Å². The SMILES string of the molecule is Cc1cccc(NC(=O)CSc2n[nH]c(=O)n2C2CC2)c1C. The van der Waals surface area contributed by atoms with E-state index in [0.29, 0.717) is 5.16 Å². The number of H-pyrrole nitrogens is 1. The molecule has 0 bridgehead atoms. The van der Waals surface area contributed by atoms with Crippen molar-refractivity contribution in [1.82, 2.24) is 14.8 Å². The van der Waals surface area contributed by atoms with Crippen molar-refractivity contribution < 1.29 is 4.79 Å². The largest absolute Gasteiger partial charge is 0.344 e. The van der Waals surface area contributed by atoms with Crippen LogP contribution in [0.2, 0.25) is 0 Å². The van der Waals surface area contributed by atoms with E-state index in [1.54, 1.807) is 4.57 Å². The fourth-order valence-electron chi connectivity index (χ4n) is 2.25. The minimum absolute atomic E-state index is 0.100. The number of amides is 1. The summed E-state index contributed by atoms with van der Waals surface area (Å²) in [6.45, 7) is 3.99. The van der Waals surface area contributed by atoms with Crippen LogP contribution in [0.3, 0.4) is 0 Å². The molecule has 0 unspecified atom stereocenters. The lowest BCUT2D eigenvalue weighted by molar-refractivity contribution is -0.113. The molecule has 1 saturated carbocycles.